The van der Waals surface area contributed by atoms with Crippen LogP contribution in [0.25, 0.3) is 16.9 Å². The van der Waals surface area contributed by atoms with Crippen molar-refractivity contribution >= 4 is 34.7 Å². The van der Waals surface area contributed by atoms with Crippen molar-refractivity contribution in [2.75, 3.05) is 0 Å². The highest BCUT2D eigenvalue weighted by Gasteiger charge is 2.20. The molecule has 0 aliphatic rings. The Kier molecular flexibility index (Phi) is 6.21. The van der Waals surface area contributed by atoms with E-state index in [1.807, 2.05) is 0 Å². The number of carbonyl (C=O) groups is 3. The maximum absolute atomic E-state index is 13.2. The van der Waals surface area contributed by atoms with Gasteiger partial charge in [-0.05, 0) is 48.4 Å². The standard InChI is InChI=1S/C26H22N6O6/c1-13(16-4-6-17(7-5-16)25(36)37)28-24(35)20-10-19(30-26-31-22(33)12-32(20)26)23(34)27-11-15-3-8-21-18(9-15)29-14(2)38-21/h3-10,12-13,33H,11H2,1-2H3,(H,27,34)(H,28,35)(H,36,37)/t13-/m1/s1. The van der Waals surface area contributed by atoms with E-state index in [0.29, 0.717) is 22.6 Å². The molecule has 3 heterocycles. The number of benzene rings is 2. The van der Waals surface area contributed by atoms with E-state index in [0.717, 1.165) is 5.56 Å². The number of imidazole rings is 1. The lowest BCUT2D eigenvalue weighted by atomic mass is 10.1. The first-order valence-corrected chi connectivity index (χ1v) is 11.6. The molecule has 38 heavy (non-hydrogen) atoms. The number of hydrogen-bond acceptors (Lipinski definition) is 8. The molecule has 0 radical (unpaired) electrons. The molecule has 1 atom stereocenters. The molecule has 0 aliphatic carbocycles. The number of fused-ring (bicyclic) bond motifs is 2. The summed E-state index contributed by atoms with van der Waals surface area (Å²) in [6.45, 7) is 3.66. The number of carboxylic acids is 1. The van der Waals surface area contributed by atoms with E-state index in [9.17, 15) is 19.5 Å². The third-order valence-corrected chi connectivity index (χ3v) is 5.91. The zero-order valence-electron chi connectivity index (χ0n) is 20.3. The van der Waals surface area contributed by atoms with Crippen molar-refractivity contribution in [3.8, 4) is 5.88 Å². The summed E-state index contributed by atoms with van der Waals surface area (Å²) in [5.74, 6) is -2.00. The third-order valence-electron chi connectivity index (χ3n) is 5.91. The Balaban J connectivity index is 1.36. The van der Waals surface area contributed by atoms with Crippen molar-refractivity contribution in [1.29, 1.82) is 0 Å². The van der Waals surface area contributed by atoms with E-state index >= 15 is 0 Å². The quantitative estimate of drug-likeness (QED) is 0.255. The van der Waals surface area contributed by atoms with Gasteiger partial charge < -0.3 is 25.3 Å². The van der Waals surface area contributed by atoms with Gasteiger partial charge in [-0.25, -0.2) is 14.8 Å². The molecule has 2 amide bonds. The fraction of sp³-hybridized carbons (Fsp3) is 0.154. The van der Waals surface area contributed by atoms with Crippen LogP contribution in [0.15, 0.2) is 59.1 Å². The molecule has 5 rings (SSSR count). The molecule has 12 nitrogen and oxygen atoms in total. The highest BCUT2D eigenvalue weighted by molar-refractivity contribution is 5.98. The molecular weight excluding hydrogens is 492 g/mol. The summed E-state index contributed by atoms with van der Waals surface area (Å²) in [4.78, 5) is 49.6. The number of nitrogens with zero attached hydrogens (tertiary/aromatic N) is 4. The zero-order valence-corrected chi connectivity index (χ0v) is 20.3. The number of hydrogen-bond donors (Lipinski definition) is 4. The van der Waals surface area contributed by atoms with Crippen LogP contribution in [0, 0.1) is 6.92 Å². The van der Waals surface area contributed by atoms with Gasteiger partial charge in [-0.2, -0.15) is 4.98 Å². The number of aromatic nitrogens is 4. The molecule has 12 heteroatoms. The Bertz CT molecular complexity index is 1710. The second-order valence-corrected chi connectivity index (χ2v) is 8.64. The molecule has 0 aliphatic heterocycles. The normalized spacial score (nSPS) is 11.9. The van der Waals surface area contributed by atoms with Crippen molar-refractivity contribution in [2.45, 2.75) is 26.4 Å². The smallest absolute Gasteiger partial charge is 0.335 e. The van der Waals surface area contributed by atoms with Crippen molar-refractivity contribution < 1.29 is 29.0 Å². The molecule has 2 aromatic carbocycles. The number of carbonyl (C=O) groups excluding carboxylic acids is 2. The van der Waals surface area contributed by atoms with Gasteiger partial charge in [0.25, 0.3) is 11.8 Å². The van der Waals surface area contributed by atoms with Crippen molar-refractivity contribution in [3.05, 3.63) is 88.7 Å². The number of oxazole rings is 1. The van der Waals surface area contributed by atoms with Gasteiger partial charge in [-0.1, -0.05) is 18.2 Å². The topological polar surface area (TPSA) is 172 Å². The maximum Gasteiger partial charge on any atom is 0.335 e. The van der Waals surface area contributed by atoms with Gasteiger partial charge in [0.15, 0.2) is 11.5 Å². The van der Waals surface area contributed by atoms with E-state index in [2.05, 4.69) is 25.6 Å². The number of rotatable bonds is 7. The average molecular weight is 514 g/mol. The van der Waals surface area contributed by atoms with Crippen molar-refractivity contribution in [2.24, 2.45) is 0 Å². The van der Waals surface area contributed by atoms with Gasteiger partial charge in [0.05, 0.1) is 17.8 Å². The van der Waals surface area contributed by atoms with Crippen LogP contribution in [0.4, 0.5) is 0 Å². The van der Waals surface area contributed by atoms with E-state index in [4.69, 9.17) is 9.52 Å². The van der Waals surface area contributed by atoms with Crippen LogP contribution in [0.5, 0.6) is 5.88 Å². The largest absolute Gasteiger partial charge is 0.492 e. The molecule has 0 bridgehead atoms. The number of aryl methyl sites for hydroxylation is 1. The summed E-state index contributed by atoms with van der Waals surface area (Å²) in [6.07, 6.45) is 1.22. The van der Waals surface area contributed by atoms with Crippen LogP contribution in [0.2, 0.25) is 0 Å². The number of aromatic carboxylic acids is 1. The van der Waals surface area contributed by atoms with E-state index < -0.39 is 23.8 Å². The van der Waals surface area contributed by atoms with E-state index in [1.54, 1.807) is 44.2 Å². The SMILES string of the molecule is Cc1nc2cc(CNC(=O)c3cc(C(=O)N[C@H](C)c4ccc(C(=O)O)cc4)n4cc(O)nc4n3)ccc2o1. The molecule has 0 unspecified atom stereocenters. The zero-order chi connectivity index (χ0) is 27.0. The predicted molar refractivity (Wildman–Crippen MR) is 134 cm³/mol. The molecular formula is C26H22N6O6. The summed E-state index contributed by atoms with van der Waals surface area (Å²) in [6, 6.07) is 12.3. The summed E-state index contributed by atoms with van der Waals surface area (Å²) < 4.78 is 6.75. The van der Waals surface area contributed by atoms with Crippen LogP contribution < -0.4 is 10.6 Å². The van der Waals surface area contributed by atoms with E-state index in [1.165, 1.54) is 28.8 Å². The Morgan fingerprint density at radius 1 is 1.03 bits per heavy atom. The number of aromatic hydroxyl groups is 1. The van der Waals surface area contributed by atoms with Crippen LogP contribution in [-0.2, 0) is 6.54 Å². The van der Waals surface area contributed by atoms with Gasteiger partial charge >= 0.3 is 5.97 Å². The highest BCUT2D eigenvalue weighted by atomic mass is 16.4. The Labute approximate surface area is 215 Å². The summed E-state index contributed by atoms with van der Waals surface area (Å²) in [5, 5.41) is 24.6. The monoisotopic (exact) mass is 514 g/mol. The second-order valence-electron chi connectivity index (χ2n) is 8.64. The van der Waals surface area contributed by atoms with E-state index in [-0.39, 0.29) is 35.2 Å². The van der Waals surface area contributed by atoms with Gasteiger partial charge in [0, 0.05) is 13.5 Å². The molecule has 0 fully saturated rings. The minimum Gasteiger partial charge on any atom is -0.492 e. The molecule has 3 aromatic heterocycles. The summed E-state index contributed by atoms with van der Waals surface area (Å²) in [7, 11) is 0. The van der Waals surface area contributed by atoms with Crippen molar-refractivity contribution in [3.63, 3.8) is 0 Å². The van der Waals surface area contributed by atoms with Gasteiger partial charge in [-0.15, -0.1) is 0 Å². The first-order valence-electron chi connectivity index (χ1n) is 11.6. The maximum atomic E-state index is 13.2. The predicted octanol–water partition coefficient (Wildman–Crippen LogP) is 3.00. The van der Waals surface area contributed by atoms with Crippen LogP contribution >= 0.6 is 0 Å². The van der Waals surface area contributed by atoms with Gasteiger partial charge in [0.2, 0.25) is 11.7 Å². The number of carboxylic acid groups (broad SMARTS) is 1. The lowest BCUT2D eigenvalue weighted by Gasteiger charge is -2.15. The van der Waals surface area contributed by atoms with Crippen LogP contribution in [0.3, 0.4) is 0 Å². The first-order chi connectivity index (χ1) is 18.2. The Morgan fingerprint density at radius 2 is 1.79 bits per heavy atom. The highest BCUT2D eigenvalue weighted by Crippen LogP contribution is 2.19. The molecule has 5 aromatic rings. The Morgan fingerprint density at radius 3 is 2.53 bits per heavy atom. The third kappa shape index (κ3) is 4.87. The lowest BCUT2D eigenvalue weighted by Crippen LogP contribution is -2.30. The average Bonchev–Trinajstić information content (AvgIpc) is 3.46. The first kappa shape index (κ1) is 24.4. The van der Waals surface area contributed by atoms with Crippen LogP contribution in [-0.4, -0.2) is 47.3 Å². The van der Waals surface area contributed by atoms with Gasteiger partial charge in [0.1, 0.15) is 16.9 Å². The molecule has 4 N–H and O–H groups in total. The molecule has 0 saturated heterocycles. The summed E-state index contributed by atoms with van der Waals surface area (Å²) >= 11 is 0. The van der Waals surface area contributed by atoms with Crippen LogP contribution in [0.1, 0.15) is 61.3 Å². The summed E-state index contributed by atoms with van der Waals surface area (Å²) in [5.41, 5.74) is 2.88. The van der Waals surface area contributed by atoms with Crippen molar-refractivity contribution in [1.82, 2.24) is 30.0 Å². The molecule has 192 valence electrons. The molecule has 0 spiro atoms. The fourth-order valence-corrected chi connectivity index (χ4v) is 3.98. The minimum atomic E-state index is -1.05. The number of nitrogens with one attached hydrogen (secondary N) is 2. The fourth-order valence-electron chi connectivity index (χ4n) is 3.98. The van der Waals surface area contributed by atoms with Gasteiger partial charge in [-0.3, -0.25) is 14.0 Å². The lowest BCUT2D eigenvalue weighted by molar-refractivity contribution is 0.0696. The number of amides is 2. The molecule has 0 saturated carbocycles. The second kappa shape index (κ2) is 9.65. The Hall–Kier alpha value is -5.26. The minimum absolute atomic E-state index is 0.0291.